The normalized spacial score (nSPS) is 20.3. The molecule has 1 unspecified atom stereocenters. The van der Waals surface area contributed by atoms with E-state index in [2.05, 4.69) is 24.3 Å². The summed E-state index contributed by atoms with van der Waals surface area (Å²) in [4.78, 5) is 0. The lowest BCUT2D eigenvalue weighted by atomic mass is 9.64. The molecular formula is C16H25NO2. The molecule has 0 radical (unpaired) electrons. The summed E-state index contributed by atoms with van der Waals surface area (Å²) in [5, 5.41) is 11.2. The van der Waals surface area contributed by atoms with Crippen LogP contribution in [0.1, 0.15) is 25.0 Å². The van der Waals surface area contributed by atoms with Gasteiger partial charge in [-0.3, -0.25) is 0 Å². The Kier molecular flexibility index (Phi) is 4.00. The van der Waals surface area contributed by atoms with Crippen molar-refractivity contribution >= 4 is 0 Å². The third kappa shape index (κ3) is 2.20. The molecule has 0 fully saturated rings. The number of rotatable bonds is 5. The van der Waals surface area contributed by atoms with Gasteiger partial charge in [-0.15, -0.1) is 0 Å². The van der Waals surface area contributed by atoms with Crippen LogP contribution >= 0.6 is 0 Å². The maximum atomic E-state index is 11.2. The van der Waals surface area contributed by atoms with E-state index in [4.69, 9.17) is 10.5 Å². The Hall–Kier alpha value is -0.900. The highest BCUT2D eigenvalue weighted by molar-refractivity contribution is 5.36. The zero-order chi connectivity index (χ0) is 14.1. The van der Waals surface area contributed by atoms with Crippen LogP contribution < -0.4 is 5.73 Å². The Bertz CT molecular complexity index is 419. The summed E-state index contributed by atoms with van der Waals surface area (Å²) in [5.74, 6) is 0.102. The van der Waals surface area contributed by atoms with Crippen LogP contribution in [0, 0.1) is 11.3 Å². The molecule has 2 rings (SSSR count). The van der Waals surface area contributed by atoms with Crippen LogP contribution in [-0.2, 0) is 17.6 Å². The van der Waals surface area contributed by atoms with Crippen molar-refractivity contribution in [1.29, 1.82) is 0 Å². The molecule has 3 heteroatoms. The van der Waals surface area contributed by atoms with Gasteiger partial charge in [-0.05, 0) is 29.9 Å². The minimum absolute atomic E-state index is 0.102. The predicted molar refractivity (Wildman–Crippen MR) is 77.0 cm³/mol. The number of nitrogens with two attached hydrogens (primary N) is 1. The number of benzene rings is 1. The van der Waals surface area contributed by atoms with E-state index in [1.807, 2.05) is 13.8 Å². The van der Waals surface area contributed by atoms with E-state index in [1.54, 1.807) is 7.11 Å². The highest BCUT2D eigenvalue weighted by Gasteiger charge is 2.54. The van der Waals surface area contributed by atoms with Crippen LogP contribution in [0.25, 0.3) is 0 Å². The molecule has 19 heavy (non-hydrogen) atoms. The van der Waals surface area contributed by atoms with Crippen molar-refractivity contribution < 1.29 is 9.84 Å². The lowest BCUT2D eigenvalue weighted by molar-refractivity contribution is -0.148. The second-order valence-electron chi connectivity index (χ2n) is 6.12. The minimum atomic E-state index is -0.893. The number of hydrogen-bond donors (Lipinski definition) is 2. The first-order valence-corrected chi connectivity index (χ1v) is 6.97. The smallest absolute Gasteiger partial charge is 0.0976 e. The molecule has 106 valence electrons. The van der Waals surface area contributed by atoms with Gasteiger partial charge in [0.2, 0.25) is 0 Å². The number of hydrogen-bond acceptors (Lipinski definition) is 3. The SMILES string of the molecule is COCC(O)(C(C)C)C1(CN)Cc2ccccc2C1. The lowest BCUT2D eigenvalue weighted by Crippen LogP contribution is -2.59. The Balaban J connectivity index is 2.40. The number of ether oxygens (including phenoxy) is 1. The minimum Gasteiger partial charge on any atom is -0.387 e. The first kappa shape index (κ1) is 14.5. The molecule has 0 saturated heterocycles. The van der Waals surface area contributed by atoms with Crippen molar-refractivity contribution in [3.63, 3.8) is 0 Å². The Morgan fingerprint density at radius 1 is 1.32 bits per heavy atom. The molecule has 1 aliphatic rings. The van der Waals surface area contributed by atoms with Gasteiger partial charge >= 0.3 is 0 Å². The van der Waals surface area contributed by atoms with Crippen LogP contribution in [0.5, 0.6) is 0 Å². The molecule has 0 amide bonds. The molecule has 0 aromatic heterocycles. The Morgan fingerprint density at radius 3 is 2.21 bits per heavy atom. The van der Waals surface area contributed by atoms with E-state index in [0.717, 1.165) is 12.8 Å². The second kappa shape index (κ2) is 5.23. The summed E-state index contributed by atoms with van der Waals surface area (Å²) < 4.78 is 5.30. The molecule has 0 spiro atoms. The van der Waals surface area contributed by atoms with Gasteiger partial charge in [-0.1, -0.05) is 38.1 Å². The van der Waals surface area contributed by atoms with Crippen molar-refractivity contribution in [2.45, 2.75) is 32.3 Å². The number of methoxy groups -OCH3 is 1. The van der Waals surface area contributed by atoms with Crippen LogP contribution in [-0.4, -0.2) is 31.0 Å². The first-order valence-electron chi connectivity index (χ1n) is 6.97. The average Bonchev–Trinajstić information content (AvgIpc) is 2.78. The van der Waals surface area contributed by atoms with Crippen LogP contribution in [0.4, 0.5) is 0 Å². The highest BCUT2D eigenvalue weighted by Crippen LogP contribution is 2.47. The van der Waals surface area contributed by atoms with Crippen LogP contribution in [0.15, 0.2) is 24.3 Å². The summed E-state index contributed by atoms with van der Waals surface area (Å²) in [5.41, 5.74) is 7.49. The summed E-state index contributed by atoms with van der Waals surface area (Å²) in [7, 11) is 1.64. The Morgan fingerprint density at radius 2 is 1.84 bits per heavy atom. The molecule has 3 nitrogen and oxygen atoms in total. The Labute approximate surface area is 115 Å². The quantitative estimate of drug-likeness (QED) is 0.851. The molecule has 0 heterocycles. The number of fused-ring (bicyclic) bond motifs is 1. The molecule has 0 saturated carbocycles. The largest absolute Gasteiger partial charge is 0.387 e. The fraction of sp³-hybridized carbons (Fsp3) is 0.625. The standard InChI is InChI=1S/C16H25NO2/c1-12(2)16(18,11-19-3)15(10-17)8-13-6-4-5-7-14(13)9-15/h4-7,12,18H,8-11,17H2,1-3H3. The second-order valence-corrected chi connectivity index (χ2v) is 6.12. The van der Waals surface area contributed by atoms with E-state index < -0.39 is 5.60 Å². The molecule has 1 aromatic carbocycles. The zero-order valence-electron chi connectivity index (χ0n) is 12.1. The first-order chi connectivity index (χ1) is 8.99. The average molecular weight is 263 g/mol. The topological polar surface area (TPSA) is 55.5 Å². The summed E-state index contributed by atoms with van der Waals surface area (Å²) in [6, 6.07) is 8.38. The summed E-state index contributed by atoms with van der Waals surface area (Å²) >= 11 is 0. The molecule has 1 aromatic rings. The summed E-state index contributed by atoms with van der Waals surface area (Å²) in [6.07, 6.45) is 1.66. The van der Waals surface area contributed by atoms with Crippen molar-refractivity contribution in [2.75, 3.05) is 20.3 Å². The lowest BCUT2D eigenvalue weighted by Gasteiger charge is -2.47. The van der Waals surface area contributed by atoms with Gasteiger partial charge in [0.05, 0.1) is 12.2 Å². The number of aliphatic hydroxyl groups is 1. The van der Waals surface area contributed by atoms with Crippen molar-refractivity contribution in [1.82, 2.24) is 0 Å². The molecule has 1 atom stereocenters. The van der Waals surface area contributed by atoms with E-state index in [0.29, 0.717) is 13.2 Å². The van der Waals surface area contributed by atoms with Gasteiger partial charge in [-0.2, -0.15) is 0 Å². The van der Waals surface area contributed by atoms with Gasteiger partial charge in [0, 0.05) is 19.1 Å². The summed E-state index contributed by atoms with van der Waals surface area (Å²) in [6.45, 7) is 4.88. The predicted octanol–water partition coefficient (Wildman–Crippen LogP) is 1.76. The zero-order valence-corrected chi connectivity index (χ0v) is 12.1. The van der Waals surface area contributed by atoms with E-state index >= 15 is 0 Å². The van der Waals surface area contributed by atoms with E-state index in [1.165, 1.54) is 11.1 Å². The third-order valence-corrected chi connectivity index (χ3v) is 4.80. The third-order valence-electron chi connectivity index (χ3n) is 4.80. The van der Waals surface area contributed by atoms with Gasteiger partial charge in [-0.25, -0.2) is 0 Å². The molecular weight excluding hydrogens is 238 g/mol. The van der Waals surface area contributed by atoms with Crippen LogP contribution in [0.2, 0.25) is 0 Å². The molecule has 3 N–H and O–H groups in total. The maximum absolute atomic E-state index is 11.2. The fourth-order valence-corrected chi connectivity index (χ4v) is 3.47. The highest BCUT2D eigenvalue weighted by atomic mass is 16.5. The van der Waals surface area contributed by atoms with Gasteiger partial charge in [0.15, 0.2) is 0 Å². The van der Waals surface area contributed by atoms with Gasteiger partial charge in [0.25, 0.3) is 0 Å². The van der Waals surface area contributed by atoms with Gasteiger partial charge < -0.3 is 15.6 Å². The van der Waals surface area contributed by atoms with Gasteiger partial charge in [0.1, 0.15) is 0 Å². The fourth-order valence-electron chi connectivity index (χ4n) is 3.47. The molecule has 0 bridgehead atoms. The van der Waals surface area contributed by atoms with Crippen molar-refractivity contribution in [3.8, 4) is 0 Å². The van der Waals surface area contributed by atoms with Crippen molar-refractivity contribution in [2.24, 2.45) is 17.1 Å². The molecule has 0 aliphatic heterocycles. The van der Waals surface area contributed by atoms with Crippen LogP contribution in [0.3, 0.4) is 0 Å². The van der Waals surface area contributed by atoms with E-state index in [-0.39, 0.29) is 11.3 Å². The monoisotopic (exact) mass is 263 g/mol. The van der Waals surface area contributed by atoms with Crippen molar-refractivity contribution in [3.05, 3.63) is 35.4 Å². The maximum Gasteiger partial charge on any atom is 0.0976 e. The van der Waals surface area contributed by atoms with E-state index in [9.17, 15) is 5.11 Å². The molecule has 1 aliphatic carbocycles.